The Bertz CT molecular complexity index is 73.7. The highest BCUT2D eigenvalue weighted by Gasteiger charge is 1.89. The summed E-state index contributed by atoms with van der Waals surface area (Å²) in [6.45, 7) is 0.221. The molecule has 0 unspecified atom stereocenters. The zero-order valence-electron chi connectivity index (χ0n) is 4.46. The van der Waals surface area contributed by atoms with Crippen LogP contribution in [0.5, 0.6) is 0 Å². The van der Waals surface area contributed by atoms with Crippen molar-refractivity contribution in [1.82, 2.24) is 0 Å². The predicted molar refractivity (Wildman–Crippen MR) is 27.2 cm³/mol. The summed E-state index contributed by atoms with van der Waals surface area (Å²) in [7, 11) is 0. The zero-order valence-corrected chi connectivity index (χ0v) is 4.46. The Morgan fingerprint density at radius 2 is 2.38 bits per heavy atom. The Hall–Kier alpha value is -0.770. The van der Waals surface area contributed by atoms with Gasteiger partial charge in [0.15, 0.2) is 0 Å². The minimum Gasteiger partial charge on any atom is -0.450 e. The van der Waals surface area contributed by atoms with Crippen LogP contribution in [-0.4, -0.2) is 24.4 Å². The zero-order chi connectivity index (χ0) is 6.41. The third-order valence-corrected chi connectivity index (χ3v) is 0.547. The Morgan fingerprint density at radius 1 is 1.75 bits per heavy atom. The quantitative estimate of drug-likeness (QED) is 0.490. The second-order valence-corrected chi connectivity index (χ2v) is 1.24. The molecule has 48 valence electrons. The molecule has 0 aliphatic rings. The van der Waals surface area contributed by atoms with E-state index >= 15 is 0 Å². The summed E-state index contributed by atoms with van der Waals surface area (Å²) in [5, 5.41) is 8.15. The van der Waals surface area contributed by atoms with Crippen LogP contribution in [0.25, 0.3) is 0 Å². The molecule has 8 heavy (non-hydrogen) atoms. The van der Waals surface area contributed by atoms with Crippen molar-refractivity contribution >= 4 is 6.09 Å². The highest BCUT2D eigenvalue weighted by molar-refractivity contribution is 5.64. The van der Waals surface area contributed by atoms with Gasteiger partial charge in [-0.3, -0.25) is 0 Å². The highest BCUT2D eigenvalue weighted by Crippen LogP contribution is 1.78. The van der Waals surface area contributed by atoms with E-state index in [0.29, 0.717) is 6.42 Å². The molecule has 0 aromatic carbocycles. The summed E-state index contributed by atoms with van der Waals surface area (Å²) in [4.78, 5) is 9.79. The van der Waals surface area contributed by atoms with Gasteiger partial charge in [-0.1, -0.05) is 0 Å². The monoisotopic (exact) mass is 119 g/mol. The minimum atomic E-state index is -0.793. The summed E-state index contributed by atoms with van der Waals surface area (Å²) < 4.78 is 4.26. The third-order valence-electron chi connectivity index (χ3n) is 0.547. The number of rotatable bonds is 3. The first-order valence-corrected chi connectivity index (χ1v) is 2.30. The van der Waals surface area contributed by atoms with Crippen LogP contribution >= 0.6 is 0 Å². The fourth-order valence-electron chi connectivity index (χ4n) is 0.237. The van der Waals surface area contributed by atoms with Gasteiger partial charge in [0, 0.05) is 13.0 Å². The van der Waals surface area contributed by atoms with E-state index in [1.54, 1.807) is 0 Å². The van der Waals surface area contributed by atoms with Crippen LogP contribution in [0.2, 0.25) is 0 Å². The van der Waals surface area contributed by atoms with Crippen LogP contribution in [0.1, 0.15) is 6.42 Å². The van der Waals surface area contributed by atoms with Crippen molar-refractivity contribution in [1.29, 1.82) is 0 Å². The van der Waals surface area contributed by atoms with E-state index in [0.717, 1.165) is 0 Å². The molecule has 0 heterocycles. The van der Waals surface area contributed by atoms with E-state index < -0.39 is 6.09 Å². The molecule has 0 radical (unpaired) electrons. The van der Waals surface area contributed by atoms with Gasteiger partial charge in [-0.25, -0.2) is 4.79 Å². The number of amides is 1. The lowest BCUT2D eigenvalue weighted by Gasteiger charge is -1.95. The predicted octanol–water partition coefficient (Wildman–Crippen LogP) is -0.536. The number of carbonyl (C=O) groups is 1. The average Bonchev–Trinajstić information content (AvgIpc) is 1.66. The second-order valence-electron chi connectivity index (χ2n) is 1.24. The molecule has 0 saturated carbocycles. The van der Waals surface area contributed by atoms with Crippen molar-refractivity contribution in [3.05, 3.63) is 0 Å². The molecule has 0 aromatic rings. The van der Waals surface area contributed by atoms with Gasteiger partial charge in [0.25, 0.3) is 0 Å². The first-order valence-electron chi connectivity index (χ1n) is 2.30. The van der Waals surface area contributed by atoms with Crippen LogP contribution in [0.15, 0.2) is 0 Å². The first kappa shape index (κ1) is 7.23. The largest absolute Gasteiger partial charge is 0.450 e. The lowest BCUT2D eigenvalue weighted by molar-refractivity contribution is 0.145. The Balaban J connectivity index is 2.82. The molecule has 0 bridgehead atoms. The summed E-state index contributed by atoms with van der Waals surface area (Å²) in [6.07, 6.45) is -0.346. The second kappa shape index (κ2) is 4.39. The van der Waals surface area contributed by atoms with Crippen LogP contribution in [0.4, 0.5) is 4.79 Å². The number of carbonyl (C=O) groups excluding carboxylic acids is 1. The molecular formula is C4H9NO3. The van der Waals surface area contributed by atoms with Gasteiger partial charge in [-0.2, -0.15) is 0 Å². The van der Waals surface area contributed by atoms with Crippen LogP contribution in [0.3, 0.4) is 0 Å². The van der Waals surface area contributed by atoms with Crippen molar-refractivity contribution in [2.24, 2.45) is 5.73 Å². The normalized spacial score (nSPS) is 8.62. The molecule has 4 heteroatoms. The average molecular weight is 119 g/mol. The van der Waals surface area contributed by atoms with Gasteiger partial charge in [0.2, 0.25) is 0 Å². The van der Waals surface area contributed by atoms with Gasteiger partial charge in [0.05, 0.1) is 6.61 Å². The number of aliphatic hydroxyl groups is 1. The summed E-state index contributed by atoms with van der Waals surface area (Å²) in [5.74, 6) is 0. The van der Waals surface area contributed by atoms with Gasteiger partial charge in [0.1, 0.15) is 0 Å². The third kappa shape index (κ3) is 5.23. The lowest BCUT2D eigenvalue weighted by Crippen LogP contribution is -2.14. The van der Waals surface area contributed by atoms with Crippen LogP contribution < -0.4 is 5.73 Å². The van der Waals surface area contributed by atoms with Crippen LogP contribution in [-0.2, 0) is 4.74 Å². The smallest absolute Gasteiger partial charge is 0.404 e. The van der Waals surface area contributed by atoms with Crippen LogP contribution in [0, 0.1) is 0 Å². The maximum absolute atomic E-state index is 9.79. The molecule has 0 atom stereocenters. The van der Waals surface area contributed by atoms with E-state index in [1.165, 1.54) is 0 Å². The Kier molecular flexibility index (Phi) is 3.97. The molecular weight excluding hydrogens is 110 g/mol. The van der Waals surface area contributed by atoms with E-state index in [2.05, 4.69) is 10.5 Å². The van der Waals surface area contributed by atoms with E-state index in [9.17, 15) is 4.79 Å². The van der Waals surface area contributed by atoms with E-state index in [4.69, 9.17) is 5.11 Å². The summed E-state index contributed by atoms with van der Waals surface area (Å²) in [6, 6.07) is 0. The number of hydrogen-bond donors (Lipinski definition) is 2. The lowest BCUT2D eigenvalue weighted by atomic mass is 10.5. The van der Waals surface area contributed by atoms with Crippen molar-refractivity contribution in [2.45, 2.75) is 6.42 Å². The minimum absolute atomic E-state index is 0.0211. The highest BCUT2D eigenvalue weighted by atomic mass is 16.5. The fourth-order valence-corrected chi connectivity index (χ4v) is 0.237. The standard InChI is InChI=1S/C4H9NO3/c5-4(7)8-3-1-2-6/h6H,1-3H2,(H2,5,7). The molecule has 0 fully saturated rings. The number of nitrogens with two attached hydrogens (primary N) is 1. The van der Waals surface area contributed by atoms with Gasteiger partial charge in [-0.15, -0.1) is 0 Å². The molecule has 0 saturated heterocycles. The molecule has 4 nitrogen and oxygen atoms in total. The molecule has 3 N–H and O–H groups in total. The van der Waals surface area contributed by atoms with Gasteiger partial charge < -0.3 is 15.6 Å². The van der Waals surface area contributed by atoms with E-state index in [1.807, 2.05) is 0 Å². The van der Waals surface area contributed by atoms with Crippen molar-refractivity contribution in [3.63, 3.8) is 0 Å². The Labute approximate surface area is 47.2 Å². The topological polar surface area (TPSA) is 72.6 Å². The molecule has 0 spiro atoms. The number of ether oxygens (including phenoxy) is 1. The number of primary amides is 1. The van der Waals surface area contributed by atoms with Gasteiger partial charge in [-0.05, 0) is 0 Å². The maximum atomic E-state index is 9.79. The maximum Gasteiger partial charge on any atom is 0.404 e. The SMILES string of the molecule is NC(=O)OCCCO. The summed E-state index contributed by atoms with van der Waals surface area (Å²) >= 11 is 0. The van der Waals surface area contributed by atoms with Gasteiger partial charge >= 0.3 is 6.09 Å². The van der Waals surface area contributed by atoms with E-state index in [-0.39, 0.29) is 13.2 Å². The molecule has 0 aromatic heterocycles. The van der Waals surface area contributed by atoms with Crippen molar-refractivity contribution in [2.75, 3.05) is 13.2 Å². The fraction of sp³-hybridized carbons (Fsp3) is 0.750. The molecule has 0 aliphatic heterocycles. The van der Waals surface area contributed by atoms with Crippen molar-refractivity contribution < 1.29 is 14.6 Å². The molecule has 0 rings (SSSR count). The molecule has 0 aliphatic carbocycles. The number of aliphatic hydroxyl groups excluding tert-OH is 1. The first-order chi connectivity index (χ1) is 3.77. The Morgan fingerprint density at radius 3 is 2.75 bits per heavy atom. The van der Waals surface area contributed by atoms with Crippen molar-refractivity contribution in [3.8, 4) is 0 Å². The molecule has 1 amide bonds. The number of hydrogen-bond acceptors (Lipinski definition) is 3. The summed E-state index contributed by atoms with van der Waals surface area (Å²) in [5.41, 5.74) is 4.59.